The molecular weight excluding hydrogens is 350 g/mol. The van der Waals surface area contributed by atoms with E-state index in [1.807, 2.05) is 47.3 Å². The fourth-order valence-corrected chi connectivity index (χ4v) is 3.97. The highest BCUT2D eigenvalue weighted by molar-refractivity contribution is 5.66. The lowest BCUT2D eigenvalue weighted by Crippen LogP contribution is -2.36. The Hall–Kier alpha value is -3.48. The van der Waals surface area contributed by atoms with E-state index in [1.54, 1.807) is 0 Å². The molecule has 1 aliphatic heterocycles. The highest BCUT2D eigenvalue weighted by Gasteiger charge is 2.28. The Labute approximate surface area is 163 Å². The van der Waals surface area contributed by atoms with Gasteiger partial charge in [-0.3, -0.25) is 5.10 Å². The van der Waals surface area contributed by atoms with E-state index in [0.29, 0.717) is 5.92 Å². The summed E-state index contributed by atoms with van der Waals surface area (Å²) in [4.78, 5) is 2.27. The van der Waals surface area contributed by atoms with Gasteiger partial charge in [-0.1, -0.05) is 53.6 Å². The molecule has 0 saturated carbocycles. The lowest BCUT2D eigenvalue weighted by atomic mass is 9.91. The number of rotatable bonds is 4. The van der Waals surface area contributed by atoms with E-state index in [9.17, 15) is 0 Å². The molecule has 1 aliphatic rings. The number of benzene rings is 2. The number of nitrogens with zero attached hydrogens (tertiary/aromatic N) is 6. The number of aromatic nitrogens is 6. The summed E-state index contributed by atoms with van der Waals surface area (Å²) in [5.41, 5.74) is 4.53. The predicted octanol–water partition coefficient (Wildman–Crippen LogP) is 3.44. The van der Waals surface area contributed by atoms with Crippen molar-refractivity contribution in [2.75, 3.05) is 18.0 Å². The van der Waals surface area contributed by atoms with E-state index < -0.39 is 0 Å². The lowest BCUT2D eigenvalue weighted by Gasteiger charge is -2.32. The number of nitrogens with one attached hydrogen (secondary N) is 1. The third kappa shape index (κ3) is 3.05. The maximum absolute atomic E-state index is 4.34. The van der Waals surface area contributed by atoms with Gasteiger partial charge >= 0.3 is 0 Å². The van der Waals surface area contributed by atoms with Crippen LogP contribution >= 0.6 is 0 Å². The van der Waals surface area contributed by atoms with Gasteiger partial charge in [0.2, 0.25) is 5.95 Å². The molecule has 1 N–H and O–H groups in total. The van der Waals surface area contributed by atoms with Crippen molar-refractivity contribution < 1.29 is 0 Å². The molecule has 140 valence electrons. The number of H-pyrrole nitrogens is 1. The number of piperidine rings is 1. The van der Waals surface area contributed by atoms with Crippen LogP contribution in [0.4, 0.5) is 5.95 Å². The van der Waals surface area contributed by atoms with Crippen molar-refractivity contribution in [1.29, 1.82) is 0 Å². The molecule has 5 rings (SSSR count). The van der Waals surface area contributed by atoms with Gasteiger partial charge in [-0.25, -0.2) is 0 Å². The SMILES string of the molecule is c1ccc(-c2cn[nH]c2[C@@H]2CCCN(c3nnnn3-c3ccccc3)C2)cc1. The largest absolute Gasteiger partial charge is 0.339 e. The van der Waals surface area contributed by atoms with Gasteiger partial charge in [0, 0.05) is 30.3 Å². The van der Waals surface area contributed by atoms with Crippen LogP contribution in [0.1, 0.15) is 24.5 Å². The van der Waals surface area contributed by atoms with Gasteiger partial charge in [-0.15, -0.1) is 0 Å². The van der Waals surface area contributed by atoms with E-state index in [2.05, 4.69) is 54.9 Å². The Balaban J connectivity index is 1.44. The minimum Gasteiger partial charge on any atom is -0.339 e. The van der Waals surface area contributed by atoms with Gasteiger partial charge in [-0.05, 0) is 41.0 Å². The summed E-state index contributed by atoms with van der Waals surface area (Å²) in [6.45, 7) is 1.80. The summed E-state index contributed by atoms with van der Waals surface area (Å²) >= 11 is 0. The minimum atomic E-state index is 0.354. The normalized spacial score (nSPS) is 17.0. The molecule has 1 atom stereocenters. The summed E-state index contributed by atoms with van der Waals surface area (Å²) < 4.78 is 1.81. The first-order chi connectivity index (χ1) is 13.9. The third-order valence-electron chi connectivity index (χ3n) is 5.32. The molecule has 1 fully saturated rings. The number of aromatic amines is 1. The van der Waals surface area contributed by atoms with Crippen molar-refractivity contribution in [2.24, 2.45) is 0 Å². The molecule has 7 nitrogen and oxygen atoms in total. The average molecular weight is 371 g/mol. The zero-order valence-electron chi connectivity index (χ0n) is 15.4. The highest BCUT2D eigenvalue weighted by atomic mass is 15.6. The van der Waals surface area contributed by atoms with Crippen LogP contribution in [0.15, 0.2) is 66.9 Å². The molecule has 0 unspecified atom stereocenters. The number of hydrogen-bond acceptors (Lipinski definition) is 5. The molecule has 4 aromatic rings. The Kier molecular flexibility index (Phi) is 4.33. The number of para-hydroxylation sites is 1. The number of tetrazole rings is 1. The Morgan fingerprint density at radius 1 is 0.964 bits per heavy atom. The minimum absolute atomic E-state index is 0.354. The van der Waals surface area contributed by atoms with Gasteiger partial charge in [0.25, 0.3) is 0 Å². The summed E-state index contributed by atoms with van der Waals surface area (Å²) in [7, 11) is 0. The van der Waals surface area contributed by atoms with Gasteiger partial charge in [0.1, 0.15) is 0 Å². The van der Waals surface area contributed by atoms with Crippen molar-refractivity contribution >= 4 is 5.95 Å². The first-order valence-electron chi connectivity index (χ1n) is 9.57. The van der Waals surface area contributed by atoms with E-state index in [4.69, 9.17) is 0 Å². The van der Waals surface area contributed by atoms with Crippen LogP contribution in [0, 0.1) is 0 Å². The molecule has 0 amide bonds. The first-order valence-corrected chi connectivity index (χ1v) is 9.57. The first kappa shape index (κ1) is 16.7. The molecule has 28 heavy (non-hydrogen) atoms. The van der Waals surface area contributed by atoms with Gasteiger partial charge < -0.3 is 4.90 Å². The summed E-state index contributed by atoms with van der Waals surface area (Å²) in [6.07, 6.45) is 4.13. The zero-order chi connectivity index (χ0) is 18.8. The molecule has 0 spiro atoms. The average Bonchev–Trinajstić information content (AvgIpc) is 3.45. The van der Waals surface area contributed by atoms with Crippen LogP contribution in [-0.2, 0) is 0 Å². The van der Waals surface area contributed by atoms with Crippen LogP contribution in [0.3, 0.4) is 0 Å². The lowest BCUT2D eigenvalue weighted by molar-refractivity contribution is 0.492. The maximum Gasteiger partial charge on any atom is 0.250 e. The van der Waals surface area contributed by atoms with Crippen LogP contribution in [-0.4, -0.2) is 43.5 Å². The molecule has 7 heteroatoms. The molecule has 0 aliphatic carbocycles. The van der Waals surface area contributed by atoms with Gasteiger partial charge in [0.05, 0.1) is 11.9 Å². The topological polar surface area (TPSA) is 75.5 Å². The van der Waals surface area contributed by atoms with Crippen molar-refractivity contribution in [3.63, 3.8) is 0 Å². The molecular formula is C21H21N7. The van der Waals surface area contributed by atoms with E-state index in [0.717, 1.165) is 37.6 Å². The van der Waals surface area contributed by atoms with Crippen LogP contribution in [0.2, 0.25) is 0 Å². The van der Waals surface area contributed by atoms with Gasteiger partial charge in [-0.2, -0.15) is 9.78 Å². The molecule has 2 aromatic heterocycles. The van der Waals surface area contributed by atoms with E-state index >= 15 is 0 Å². The zero-order valence-corrected chi connectivity index (χ0v) is 15.4. The van der Waals surface area contributed by atoms with Crippen LogP contribution in [0.25, 0.3) is 16.8 Å². The standard InChI is InChI=1S/C21H21N7/c1-3-8-16(9-4-1)19-14-22-23-20(19)17-10-7-13-27(15-17)21-24-25-26-28(21)18-11-5-2-6-12-18/h1-6,8-9,11-12,14,17H,7,10,13,15H2,(H,22,23)/t17-/m1/s1. The quantitative estimate of drug-likeness (QED) is 0.595. The molecule has 0 radical (unpaired) electrons. The number of anilines is 1. The fraction of sp³-hybridized carbons (Fsp3) is 0.238. The fourth-order valence-electron chi connectivity index (χ4n) is 3.97. The predicted molar refractivity (Wildman–Crippen MR) is 107 cm³/mol. The van der Waals surface area contributed by atoms with Crippen molar-refractivity contribution in [2.45, 2.75) is 18.8 Å². The van der Waals surface area contributed by atoms with Crippen molar-refractivity contribution in [3.05, 3.63) is 72.6 Å². The second-order valence-electron chi connectivity index (χ2n) is 7.07. The monoisotopic (exact) mass is 371 g/mol. The number of hydrogen-bond donors (Lipinski definition) is 1. The van der Waals surface area contributed by atoms with Gasteiger partial charge in [0.15, 0.2) is 0 Å². The maximum atomic E-state index is 4.34. The second-order valence-corrected chi connectivity index (χ2v) is 7.07. The Bertz CT molecular complexity index is 955. The highest BCUT2D eigenvalue weighted by Crippen LogP contribution is 2.34. The van der Waals surface area contributed by atoms with Crippen LogP contribution < -0.4 is 4.90 Å². The second kappa shape index (κ2) is 7.26. The van der Waals surface area contributed by atoms with Crippen LogP contribution in [0.5, 0.6) is 0 Å². The van der Waals surface area contributed by atoms with Crippen molar-refractivity contribution in [3.8, 4) is 16.8 Å². The molecule has 2 aromatic carbocycles. The Morgan fingerprint density at radius 2 is 1.75 bits per heavy atom. The van der Waals surface area contributed by atoms with E-state index in [1.165, 1.54) is 16.8 Å². The molecule has 1 saturated heterocycles. The van der Waals surface area contributed by atoms with Crippen molar-refractivity contribution in [1.82, 2.24) is 30.4 Å². The summed E-state index contributed by atoms with van der Waals surface area (Å²) in [6, 6.07) is 20.4. The smallest absolute Gasteiger partial charge is 0.250 e. The molecule has 0 bridgehead atoms. The summed E-state index contributed by atoms with van der Waals surface area (Å²) in [5, 5.41) is 20.0. The summed E-state index contributed by atoms with van der Waals surface area (Å²) in [5.74, 6) is 1.14. The third-order valence-corrected chi connectivity index (χ3v) is 5.32. The molecule has 3 heterocycles. The Morgan fingerprint density at radius 3 is 2.57 bits per heavy atom. The van der Waals surface area contributed by atoms with E-state index in [-0.39, 0.29) is 0 Å².